The summed E-state index contributed by atoms with van der Waals surface area (Å²) in [6, 6.07) is 11.0. The highest BCUT2D eigenvalue weighted by molar-refractivity contribution is 5.80. The molecule has 0 aliphatic rings. The molecule has 2 aromatic heterocycles. The Morgan fingerprint density at radius 1 is 1.32 bits per heavy atom. The van der Waals surface area contributed by atoms with E-state index < -0.39 is 0 Å². The van der Waals surface area contributed by atoms with Crippen LogP contribution in [-0.4, -0.2) is 26.0 Å². The van der Waals surface area contributed by atoms with E-state index in [4.69, 9.17) is 0 Å². The third-order valence-corrected chi connectivity index (χ3v) is 2.92. The van der Waals surface area contributed by atoms with E-state index in [1.165, 1.54) is 6.07 Å². The van der Waals surface area contributed by atoms with E-state index in [1.54, 1.807) is 24.0 Å². The monoisotopic (exact) mass is 294 g/mol. The Labute approximate surface area is 126 Å². The Kier molecular flexibility index (Phi) is 3.78. The molecule has 2 heterocycles. The van der Waals surface area contributed by atoms with Gasteiger partial charge in [0.25, 0.3) is 5.56 Å². The highest BCUT2D eigenvalue weighted by Crippen LogP contribution is 2.07. The Balaban J connectivity index is 1.69. The zero-order chi connectivity index (χ0) is 15.4. The van der Waals surface area contributed by atoms with Crippen LogP contribution in [-0.2, 0) is 0 Å². The molecule has 0 aliphatic heterocycles. The average Bonchev–Trinajstić information content (AvgIpc) is 3.01. The summed E-state index contributed by atoms with van der Waals surface area (Å²) < 4.78 is 1.78. The van der Waals surface area contributed by atoms with E-state index in [0.717, 1.165) is 11.3 Å². The van der Waals surface area contributed by atoms with Crippen molar-refractivity contribution in [3.05, 3.63) is 70.4 Å². The maximum Gasteiger partial charge on any atom is 0.252 e. The largest absolute Gasteiger partial charge is 0.291 e. The summed E-state index contributed by atoms with van der Waals surface area (Å²) in [5, 5.41) is 8.22. The second-order valence-electron chi connectivity index (χ2n) is 4.65. The van der Waals surface area contributed by atoms with Gasteiger partial charge in [0, 0.05) is 24.2 Å². The molecule has 0 spiro atoms. The number of nitrogens with one attached hydrogen (secondary N) is 2. The van der Waals surface area contributed by atoms with E-state index in [9.17, 15) is 4.79 Å². The molecule has 3 rings (SSSR count). The maximum absolute atomic E-state index is 11.3. The van der Waals surface area contributed by atoms with Gasteiger partial charge in [-0.3, -0.25) is 9.78 Å². The van der Waals surface area contributed by atoms with Crippen LogP contribution >= 0.6 is 0 Å². The first-order valence-electron chi connectivity index (χ1n) is 6.68. The van der Waals surface area contributed by atoms with Crippen LogP contribution in [0.3, 0.4) is 0 Å². The van der Waals surface area contributed by atoms with Gasteiger partial charge in [-0.1, -0.05) is 12.1 Å². The summed E-state index contributed by atoms with van der Waals surface area (Å²) >= 11 is 0. The fourth-order valence-corrected chi connectivity index (χ4v) is 1.93. The van der Waals surface area contributed by atoms with Crippen LogP contribution < -0.4 is 11.0 Å². The van der Waals surface area contributed by atoms with Crippen molar-refractivity contribution in [2.24, 2.45) is 5.10 Å². The Morgan fingerprint density at radius 2 is 2.14 bits per heavy atom. The van der Waals surface area contributed by atoms with Crippen molar-refractivity contribution in [2.75, 3.05) is 5.43 Å². The van der Waals surface area contributed by atoms with E-state index in [1.807, 2.05) is 36.5 Å². The summed E-state index contributed by atoms with van der Waals surface area (Å²) in [7, 11) is 0. The molecular formula is C15H14N6O. The molecule has 0 aliphatic carbocycles. The molecule has 0 saturated heterocycles. The minimum Gasteiger partial charge on any atom is -0.291 e. The van der Waals surface area contributed by atoms with Crippen molar-refractivity contribution in [1.29, 1.82) is 0 Å². The fourth-order valence-electron chi connectivity index (χ4n) is 1.93. The van der Waals surface area contributed by atoms with Crippen LogP contribution in [0, 0.1) is 6.92 Å². The zero-order valence-corrected chi connectivity index (χ0v) is 11.9. The Bertz CT molecular complexity index is 833. The number of hydrazone groups is 1. The van der Waals surface area contributed by atoms with Crippen molar-refractivity contribution in [2.45, 2.75) is 6.92 Å². The minimum atomic E-state index is -0.214. The van der Waals surface area contributed by atoms with Crippen LogP contribution in [0.25, 0.3) is 5.69 Å². The number of aromatic amines is 1. The van der Waals surface area contributed by atoms with Gasteiger partial charge < -0.3 is 0 Å². The predicted octanol–water partition coefficient (Wildman–Crippen LogP) is 1.71. The quantitative estimate of drug-likeness (QED) is 0.566. The first-order valence-corrected chi connectivity index (χ1v) is 6.68. The van der Waals surface area contributed by atoms with Gasteiger partial charge in [0.15, 0.2) is 0 Å². The highest BCUT2D eigenvalue weighted by atomic mass is 16.1. The first kappa shape index (κ1) is 13.7. The lowest BCUT2D eigenvalue weighted by atomic mass is 10.2. The molecule has 110 valence electrons. The van der Waals surface area contributed by atoms with E-state index in [2.05, 4.69) is 25.6 Å². The number of nitrogens with zero attached hydrogens (tertiary/aromatic N) is 4. The Hall–Kier alpha value is -3.22. The smallest absolute Gasteiger partial charge is 0.252 e. The topological polar surface area (TPSA) is 88.0 Å². The van der Waals surface area contributed by atoms with Gasteiger partial charge in [-0.05, 0) is 30.7 Å². The zero-order valence-electron chi connectivity index (χ0n) is 11.9. The minimum absolute atomic E-state index is 0.214. The number of H-pyrrole nitrogens is 1. The fraction of sp³-hybridized carbons (Fsp3) is 0.0667. The summed E-state index contributed by atoms with van der Waals surface area (Å²) in [4.78, 5) is 18.0. The molecule has 1 aromatic carbocycles. The average molecular weight is 294 g/mol. The molecule has 0 atom stereocenters. The lowest BCUT2D eigenvalue weighted by Crippen LogP contribution is -2.10. The molecule has 7 nitrogen and oxygen atoms in total. The summed E-state index contributed by atoms with van der Waals surface area (Å²) in [6.45, 7) is 1.75. The highest BCUT2D eigenvalue weighted by Gasteiger charge is 1.97. The molecule has 0 saturated carbocycles. The third kappa shape index (κ3) is 3.26. The standard InChI is InChI=1S/C15H14N6O/c1-11-9-14(22)19-15(18-11)20-16-10-12-3-5-13(6-4-12)21-8-2-7-17-21/h2-10H,1H3,(H2,18,19,20,22)/b16-10+. The summed E-state index contributed by atoms with van der Waals surface area (Å²) in [6.07, 6.45) is 5.26. The maximum atomic E-state index is 11.3. The van der Waals surface area contributed by atoms with Gasteiger partial charge in [0.1, 0.15) is 0 Å². The van der Waals surface area contributed by atoms with E-state index >= 15 is 0 Å². The van der Waals surface area contributed by atoms with Crippen molar-refractivity contribution in [1.82, 2.24) is 19.7 Å². The van der Waals surface area contributed by atoms with Crippen LogP contribution in [0.2, 0.25) is 0 Å². The molecule has 3 aromatic rings. The number of benzene rings is 1. The van der Waals surface area contributed by atoms with Crippen molar-refractivity contribution < 1.29 is 0 Å². The van der Waals surface area contributed by atoms with Gasteiger partial charge >= 0.3 is 0 Å². The van der Waals surface area contributed by atoms with Crippen LogP contribution in [0.1, 0.15) is 11.3 Å². The van der Waals surface area contributed by atoms with Gasteiger partial charge in [0.05, 0.1) is 11.9 Å². The molecule has 0 fully saturated rings. The van der Waals surface area contributed by atoms with Crippen molar-refractivity contribution >= 4 is 12.2 Å². The molecule has 0 bridgehead atoms. The molecule has 7 heteroatoms. The van der Waals surface area contributed by atoms with Crippen LogP contribution in [0.5, 0.6) is 0 Å². The second-order valence-corrected chi connectivity index (χ2v) is 4.65. The van der Waals surface area contributed by atoms with Gasteiger partial charge in [-0.25, -0.2) is 15.1 Å². The van der Waals surface area contributed by atoms with Gasteiger partial charge in [-0.15, -0.1) is 0 Å². The summed E-state index contributed by atoms with van der Waals surface area (Å²) in [5.74, 6) is 0.314. The van der Waals surface area contributed by atoms with Gasteiger partial charge in [-0.2, -0.15) is 10.2 Å². The first-order chi connectivity index (χ1) is 10.7. The van der Waals surface area contributed by atoms with E-state index in [0.29, 0.717) is 11.6 Å². The third-order valence-electron chi connectivity index (χ3n) is 2.92. The predicted molar refractivity (Wildman–Crippen MR) is 84.4 cm³/mol. The van der Waals surface area contributed by atoms with Crippen LogP contribution in [0.15, 0.2) is 58.7 Å². The number of aryl methyl sites for hydroxylation is 1. The molecule has 0 amide bonds. The lowest BCUT2D eigenvalue weighted by molar-refractivity contribution is 0.880. The molecule has 2 N–H and O–H groups in total. The van der Waals surface area contributed by atoms with Gasteiger partial charge in [0.2, 0.25) is 5.95 Å². The normalized spacial score (nSPS) is 11.0. The molecule has 0 radical (unpaired) electrons. The molecule has 22 heavy (non-hydrogen) atoms. The van der Waals surface area contributed by atoms with E-state index in [-0.39, 0.29) is 5.56 Å². The summed E-state index contributed by atoms with van der Waals surface area (Å²) in [5.41, 5.74) is 5.00. The van der Waals surface area contributed by atoms with Crippen molar-refractivity contribution in [3.63, 3.8) is 0 Å². The van der Waals surface area contributed by atoms with Crippen molar-refractivity contribution in [3.8, 4) is 5.69 Å². The number of rotatable bonds is 4. The second kappa shape index (κ2) is 6.04. The number of aromatic nitrogens is 4. The Morgan fingerprint density at radius 3 is 2.82 bits per heavy atom. The molecule has 0 unspecified atom stereocenters. The number of hydrogen-bond acceptors (Lipinski definition) is 5. The lowest BCUT2D eigenvalue weighted by Gasteiger charge is -2.02. The molecular weight excluding hydrogens is 280 g/mol. The number of anilines is 1. The number of hydrogen-bond donors (Lipinski definition) is 2. The van der Waals surface area contributed by atoms with Crippen LogP contribution in [0.4, 0.5) is 5.95 Å². The SMILES string of the molecule is Cc1cc(=O)[nH]c(N/N=C/c2ccc(-n3cccn3)cc2)n1.